The highest BCUT2D eigenvalue weighted by molar-refractivity contribution is 5.91. The van der Waals surface area contributed by atoms with E-state index >= 15 is 0 Å². The van der Waals surface area contributed by atoms with Crippen LogP contribution in [-0.2, 0) is 30.3 Å². The van der Waals surface area contributed by atoms with Crippen LogP contribution in [0.5, 0.6) is 0 Å². The Morgan fingerprint density at radius 1 is 1.04 bits per heavy atom. The largest absolute Gasteiger partial charge is 0.462 e. The van der Waals surface area contributed by atoms with Crippen molar-refractivity contribution < 1.29 is 44.2 Å². The second kappa shape index (κ2) is 19.2. The minimum Gasteiger partial charge on any atom is -0.462 e. The van der Waals surface area contributed by atoms with Crippen molar-refractivity contribution >= 4 is 11.8 Å². The quantitative estimate of drug-likeness (QED) is 0.278. The monoisotopic (exact) mass is 726 g/mol. The van der Waals surface area contributed by atoms with Gasteiger partial charge in [-0.2, -0.15) is 0 Å². The molecule has 1 fully saturated rings. The second-order valence-electron chi connectivity index (χ2n) is 14.7. The Labute approximate surface area is 307 Å². The first-order valence-corrected chi connectivity index (χ1v) is 18.4. The average molecular weight is 727 g/mol. The highest BCUT2D eigenvalue weighted by Gasteiger charge is 2.47. The molecule has 2 aliphatic heterocycles. The predicted molar refractivity (Wildman–Crippen MR) is 194 cm³/mol. The zero-order chi connectivity index (χ0) is 38.1. The number of hydrogen-bond acceptors (Lipinski definition) is 12. The number of ether oxygens (including phenoxy) is 3. The topological polar surface area (TPSA) is 177 Å². The molecule has 13 heteroatoms. The molecule has 4 N–H and O–H groups in total. The number of aliphatic hydroxyl groups excluding tert-OH is 4. The minimum absolute atomic E-state index is 0.110. The van der Waals surface area contributed by atoms with Crippen LogP contribution < -0.4 is 0 Å². The Morgan fingerprint density at radius 3 is 2.40 bits per heavy atom. The number of rotatable bonds is 9. The van der Waals surface area contributed by atoms with Gasteiger partial charge in [0.05, 0.1) is 49.7 Å². The van der Waals surface area contributed by atoms with E-state index in [9.17, 15) is 30.0 Å². The number of aryl methyl sites for hydroxylation is 1. The lowest BCUT2D eigenvalue weighted by Crippen LogP contribution is -2.63. The van der Waals surface area contributed by atoms with Crippen molar-refractivity contribution in [1.82, 2.24) is 19.9 Å². The summed E-state index contributed by atoms with van der Waals surface area (Å²) in [6.45, 7) is 9.13. The Balaban J connectivity index is 1.73. The first kappa shape index (κ1) is 41.5. The molecule has 13 nitrogen and oxygen atoms in total. The third-order valence-electron chi connectivity index (χ3n) is 10.5. The van der Waals surface area contributed by atoms with Gasteiger partial charge in [-0.15, -0.1) is 5.10 Å². The molecule has 52 heavy (non-hydrogen) atoms. The molecule has 1 aromatic carbocycles. The molecule has 0 spiro atoms. The van der Waals surface area contributed by atoms with E-state index in [0.717, 1.165) is 11.1 Å². The third kappa shape index (κ3) is 10.6. The van der Waals surface area contributed by atoms with Crippen LogP contribution in [0.2, 0.25) is 0 Å². The number of cyclic esters (lactones) is 1. The zero-order valence-corrected chi connectivity index (χ0v) is 31.5. The van der Waals surface area contributed by atoms with Crippen molar-refractivity contribution in [2.45, 2.75) is 116 Å². The maximum Gasteiger partial charge on any atom is 0.308 e. The van der Waals surface area contributed by atoms with Gasteiger partial charge in [0.1, 0.15) is 17.9 Å². The van der Waals surface area contributed by atoms with Gasteiger partial charge < -0.3 is 39.5 Å². The summed E-state index contributed by atoms with van der Waals surface area (Å²) < 4.78 is 20.3. The highest BCUT2D eigenvalue weighted by atomic mass is 16.7. The van der Waals surface area contributed by atoms with E-state index in [-0.39, 0.29) is 18.8 Å². The molecule has 0 radical (unpaired) electrons. The molecule has 2 aromatic rings. The number of aromatic nitrogens is 3. The van der Waals surface area contributed by atoms with Crippen molar-refractivity contribution in [3.63, 3.8) is 0 Å². The number of hydrogen-bond donors (Lipinski definition) is 4. The molecule has 1 saturated heterocycles. The van der Waals surface area contributed by atoms with Crippen LogP contribution in [0, 0.1) is 23.7 Å². The molecule has 2 unspecified atom stereocenters. The normalized spacial score (nSPS) is 35.9. The fourth-order valence-corrected chi connectivity index (χ4v) is 7.30. The van der Waals surface area contributed by atoms with Gasteiger partial charge in [-0.3, -0.25) is 14.3 Å². The summed E-state index contributed by atoms with van der Waals surface area (Å²) in [5, 5.41) is 52.8. The van der Waals surface area contributed by atoms with Gasteiger partial charge in [0.15, 0.2) is 12.1 Å². The molecular formula is C39H58N4O9. The third-order valence-corrected chi connectivity index (χ3v) is 10.5. The van der Waals surface area contributed by atoms with E-state index in [4.69, 9.17) is 14.2 Å². The first-order chi connectivity index (χ1) is 24.7. The van der Waals surface area contributed by atoms with E-state index in [1.54, 1.807) is 49.7 Å². The molecule has 4 rings (SSSR count). The number of allylic oxidation sites excluding steroid dienone is 3. The van der Waals surface area contributed by atoms with Gasteiger partial charge in [-0.1, -0.05) is 74.0 Å². The molecular weight excluding hydrogens is 668 g/mol. The molecule has 0 saturated carbocycles. The van der Waals surface area contributed by atoms with Crippen molar-refractivity contribution in [3.05, 3.63) is 60.3 Å². The molecule has 2 aliphatic rings. The fraction of sp³-hybridized carbons (Fsp3) is 0.641. The molecule has 0 aliphatic carbocycles. The van der Waals surface area contributed by atoms with Crippen molar-refractivity contribution in [2.24, 2.45) is 23.7 Å². The number of carbonyl (C=O) groups excluding carboxylic acids is 2. The van der Waals surface area contributed by atoms with E-state index in [2.05, 4.69) is 10.3 Å². The Hall–Kier alpha value is -3.30. The van der Waals surface area contributed by atoms with Crippen LogP contribution in [0.1, 0.15) is 60.3 Å². The summed E-state index contributed by atoms with van der Waals surface area (Å²) in [5.41, 5.74) is 2.37. The smallest absolute Gasteiger partial charge is 0.308 e. The highest BCUT2D eigenvalue weighted by Crippen LogP contribution is 2.35. The van der Waals surface area contributed by atoms with Crippen LogP contribution in [0.3, 0.4) is 0 Å². The van der Waals surface area contributed by atoms with Gasteiger partial charge in [-0.05, 0) is 59.2 Å². The molecule has 0 bridgehead atoms. The van der Waals surface area contributed by atoms with Gasteiger partial charge >= 0.3 is 5.97 Å². The van der Waals surface area contributed by atoms with Gasteiger partial charge in [-0.25, -0.2) is 0 Å². The number of ketones is 1. The minimum atomic E-state index is -1.25. The molecule has 12 atom stereocenters. The van der Waals surface area contributed by atoms with E-state index in [0.29, 0.717) is 31.5 Å². The zero-order valence-electron chi connectivity index (χ0n) is 31.5. The van der Waals surface area contributed by atoms with Crippen LogP contribution in [-0.4, -0.2) is 122 Å². The van der Waals surface area contributed by atoms with Crippen LogP contribution in [0.15, 0.2) is 60.3 Å². The summed E-state index contributed by atoms with van der Waals surface area (Å²) in [7, 11) is 3.51. The summed E-state index contributed by atoms with van der Waals surface area (Å²) in [6.07, 6.45) is 0.945. The lowest BCUT2D eigenvalue weighted by Gasteiger charge is -2.46. The average Bonchev–Trinajstić information content (AvgIpc) is 3.60. The summed E-state index contributed by atoms with van der Waals surface area (Å²) in [4.78, 5) is 28.6. The van der Waals surface area contributed by atoms with E-state index in [1.165, 1.54) is 6.08 Å². The molecule has 3 heterocycles. The lowest BCUT2D eigenvalue weighted by molar-refractivity contribution is -0.304. The first-order valence-electron chi connectivity index (χ1n) is 18.4. The van der Waals surface area contributed by atoms with Crippen molar-refractivity contribution in [1.29, 1.82) is 0 Å². The van der Waals surface area contributed by atoms with Crippen LogP contribution in [0.4, 0.5) is 0 Å². The molecule has 0 amide bonds. The van der Waals surface area contributed by atoms with Gasteiger partial charge in [0, 0.05) is 29.9 Å². The summed E-state index contributed by atoms with van der Waals surface area (Å²) in [5.74, 6) is -2.80. The Morgan fingerprint density at radius 2 is 1.75 bits per heavy atom. The number of nitrogens with zero attached hydrogens (tertiary/aromatic N) is 4. The second-order valence-corrected chi connectivity index (χ2v) is 14.7. The summed E-state index contributed by atoms with van der Waals surface area (Å²) >= 11 is 0. The summed E-state index contributed by atoms with van der Waals surface area (Å²) in [6, 6.07) is 8.99. The molecule has 1 aromatic heterocycles. The lowest BCUT2D eigenvalue weighted by atomic mass is 9.79. The fourth-order valence-electron chi connectivity index (χ4n) is 7.30. The van der Waals surface area contributed by atoms with Crippen molar-refractivity contribution in [3.8, 4) is 11.3 Å². The SMILES string of the molecule is CC[C@H]1OC(=O)C[C@@H](O)[C@H](C)[C@@H](O[C@@H]2O[C@H](C)[C@@H](O)C(N(C)C)C2O)[C@@H](CCn2cc(-c3ccccc3)nn2)C[C@@H](C)C(=O)/C=C/C(C)=C/[C@@H]1CO. The van der Waals surface area contributed by atoms with Crippen LogP contribution >= 0.6 is 0 Å². The van der Waals surface area contributed by atoms with Crippen LogP contribution in [0.25, 0.3) is 11.3 Å². The van der Waals surface area contributed by atoms with Crippen molar-refractivity contribution in [2.75, 3.05) is 20.7 Å². The van der Waals surface area contributed by atoms with E-state index < -0.39 is 78.6 Å². The molecule has 288 valence electrons. The number of benzene rings is 1. The van der Waals surface area contributed by atoms with Gasteiger partial charge in [0.2, 0.25) is 0 Å². The Kier molecular flexibility index (Phi) is 15.3. The number of esters is 1. The standard InChI is InChI=1S/C39H58N4O9/c1-8-33-29(22-44)18-23(2)14-15-31(45)24(3)19-28(16-17-43-21-30(40-41-43)27-12-10-9-11-13-27)38(25(4)32(46)20-34(47)51-33)52-39-37(49)35(42(6)7)36(48)26(5)50-39/h9-15,18,21,24-26,28-29,32-33,35-39,44,46,48-49H,8,16-17,19-20,22H2,1-7H3/b15-14+,23-18+/t24-,25+,26-,28+,29-,32-,33-,35?,36-,37?,38-,39+/m1/s1. The van der Waals surface area contributed by atoms with E-state index in [1.807, 2.05) is 57.3 Å². The number of aliphatic hydroxyl groups is 4. The number of carbonyl (C=O) groups is 2. The number of likely N-dealkylation sites (N-methyl/N-ethyl adjacent to an activating group) is 1. The Bertz CT molecular complexity index is 1500. The maximum atomic E-state index is 13.6. The van der Waals surface area contributed by atoms with Gasteiger partial charge in [0.25, 0.3) is 0 Å². The maximum absolute atomic E-state index is 13.6. The predicted octanol–water partition coefficient (Wildman–Crippen LogP) is 3.16.